The van der Waals surface area contributed by atoms with Crippen molar-refractivity contribution in [3.8, 4) is 0 Å². The van der Waals surface area contributed by atoms with Crippen LogP contribution in [0, 0.1) is 17.8 Å². The van der Waals surface area contributed by atoms with E-state index in [-0.39, 0.29) is 24.7 Å². The summed E-state index contributed by atoms with van der Waals surface area (Å²) in [5, 5.41) is 0. The van der Waals surface area contributed by atoms with Gasteiger partial charge in [-0.15, -0.1) is 0 Å². The van der Waals surface area contributed by atoms with Crippen LogP contribution < -0.4 is 5.73 Å². The number of rotatable bonds is 1. The molecule has 2 aliphatic rings. The minimum Gasteiger partial charge on any atom is -0.330 e. The van der Waals surface area contributed by atoms with Gasteiger partial charge in [0.1, 0.15) is 0 Å². The second kappa shape index (κ2) is 3.19. The molecule has 0 saturated heterocycles. The van der Waals surface area contributed by atoms with Crippen molar-refractivity contribution in [1.29, 1.82) is 0 Å². The lowest BCUT2D eigenvalue weighted by Gasteiger charge is -2.45. The molecule has 2 aliphatic carbocycles. The average molecular weight is 189 g/mol. The predicted molar refractivity (Wildman–Crippen MR) is 47.6 cm³/mol. The number of alkyl halides is 2. The predicted octanol–water partition coefficient (Wildman–Crippen LogP) is 2.41. The summed E-state index contributed by atoms with van der Waals surface area (Å²) in [4.78, 5) is 0. The molecule has 76 valence electrons. The van der Waals surface area contributed by atoms with Gasteiger partial charge >= 0.3 is 0 Å². The van der Waals surface area contributed by atoms with E-state index in [1.807, 2.05) is 0 Å². The van der Waals surface area contributed by atoms with Gasteiger partial charge in [0.05, 0.1) is 0 Å². The van der Waals surface area contributed by atoms with E-state index in [2.05, 4.69) is 0 Å². The molecule has 0 radical (unpaired) electrons. The fourth-order valence-corrected chi connectivity index (χ4v) is 3.20. The van der Waals surface area contributed by atoms with Crippen LogP contribution in [0.15, 0.2) is 0 Å². The van der Waals surface area contributed by atoms with Crippen molar-refractivity contribution in [3.63, 3.8) is 0 Å². The van der Waals surface area contributed by atoms with Crippen molar-refractivity contribution < 1.29 is 8.78 Å². The number of nitrogens with two attached hydrogens (primary N) is 1. The molecule has 2 N–H and O–H groups in total. The molecule has 2 unspecified atom stereocenters. The summed E-state index contributed by atoms with van der Waals surface area (Å²) < 4.78 is 26.4. The fourth-order valence-electron chi connectivity index (χ4n) is 3.20. The molecule has 0 amide bonds. The maximum absolute atomic E-state index is 13.2. The minimum atomic E-state index is -2.40. The van der Waals surface area contributed by atoms with Crippen LogP contribution in [0.3, 0.4) is 0 Å². The number of hydrogen-bond acceptors (Lipinski definition) is 1. The van der Waals surface area contributed by atoms with Gasteiger partial charge in [-0.25, -0.2) is 8.78 Å². The molecule has 0 aliphatic heterocycles. The van der Waals surface area contributed by atoms with Gasteiger partial charge < -0.3 is 5.73 Å². The lowest BCUT2D eigenvalue weighted by atomic mass is 9.63. The molecular formula is C10H17F2N. The standard InChI is InChI=1S/C10H17F2N/c11-10(12)4-7-2-1-3-8(5-10)9(7)6-13/h7-9H,1-6,13H2. The summed E-state index contributed by atoms with van der Waals surface area (Å²) in [6.07, 6.45) is 3.24. The first-order valence-corrected chi connectivity index (χ1v) is 5.20. The van der Waals surface area contributed by atoms with Crippen molar-refractivity contribution in [3.05, 3.63) is 0 Å². The maximum atomic E-state index is 13.2. The fraction of sp³-hybridized carbons (Fsp3) is 1.00. The molecular weight excluding hydrogens is 172 g/mol. The third kappa shape index (κ3) is 1.71. The summed E-state index contributed by atoms with van der Waals surface area (Å²) in [7, 11) is 0. The van der Waals surface area contributed by atoms with E-state index in [1.165, 1.54) is 0 Å². The van der Waals surface area contributed by atoms with Crippen LogP contribution in [0.5, 0.6) is 0 Å². The zero-order valence-corrected chi connectivity index (χ0v) is 7.81. The van der Waals surface area contributed by atoms with Crippen LogP contribution >= 0.6 is 0 Å². The van der Waals surface area contributed by atoms with Crippen LogP contribution in [-0.4, -0.2) is 12.5 Å². The summed E-state index contributed by atoms with van der Waals surface area (Å²) in [6, 6.07) is 0. The Labute approximate surface area is 77.7 Å². The Morgan fingerprint density at radius 1 is 1.15 bits per heavy atom. The van der Waals surface area contributed by atoms with Gasteiger partial charge in [0.25, 0.3) is 0 Å². The topological polar surface area (TPSA) is 26.0 Å². The first kappa shape index (κ1) is 9.38. The lowest BCUT2D eigenvalue weighted by molar-refractivity contribution is -0.107. The van der Waals surface area contributed by atoms with Crippen LogP contribution in [-0.2, 0) is 0 Å². The summed E-state index contributed by atoms with van der Waals surface area (Å²) >= 11 is 0. The summed E-state index contributed by atoms with van der Waals surface area (Å²) in [5.74, 6) is -1.62. The smallest absolute Gasteiger partial charge is 0.248 e. The zero-order chi connectivity index (χ0) is 9.47. The van der Waals surface area contributed by atoms with Gasteiger partial charge in [-0.05, 0) is 37.1 Å². The second-order valence-corrected chi connectivity index (χ2v) is 4.61. The number of fused-ring (bicyclic) bond motifs is 2. The van der Waals surface area contributed by atoms with Crippen LogP contribution in [0.25, 0.3) is 0 Å². The van der Waals surface area contributed by atoms with Gasteiger partial charge in [-0.3, -0.25) is 0 Å². The highest BCUT2D eigenvalue weighted by molar-refractivity contribution is 4.93. The van der Waals surface area contributed by atoms with Crippen molar-refractivity contribution in [2.45, 2.75) is 38.0 Å². The van der Waals surface area contributed by atoms with Crippen molar-refractivity contribution in [2.75, 3.05) is 6.54 Å². The number of hydrogen-bond donors (Lipinski definition) is 1. The van der Waals surface area contributed by atoms with E-state index in [0.29, 0.717) is 12.5 Å². The van der Waals surface area contributed by atoms with Gasteiger partial charge in [-0.1, -0.05) is 6.42 Å². The molecule has 0 heterocycles. The highest BCUT2D eigenvalue weighted by Gasteiger charge is 2.47. The normalized spacial score (nSPS) is 43.2. The molecule has 2 bridgehead atoms. The Bertz CT molecular complexity index is 177. The third-order valence-corrected chi connectivity index (χ3v) is 3.75. The Morgan fingerprint density at radius 3 is 2.15 bits per heavy atom. The Morgan fingerprint density at radius 2 is 1.69 bits per heavy atom. The van der Waals surface area contributed by atoms with Gasteiger partial charge in [-0.2, -0.15) is 0 Å². The van der Waals surface area contributed by atoms with Gasteiger partial charge in [0.15, 0.2) is 0 Å². The van der Waals surface area contributed by atoms with E-state index in [0.717, 1.165) is 19.3 Å². The minimum absolute atomic E-state index is 0.0887. The second-order valence-electron chi connectivity index (χ2n) is 4.61. The highest BCUT2D eigenvalue weighted by Crippen LogP contribution is 2.49. The van der Waals surface area contributed by atoms with E-state index in [1.54, 1.807) is 0 Å². The van der Waals surface area contributed by atoms with Gasteiger partial charge in [0.2, 0.25) is 5.92 Å². The molecule has 13 heavy (non-hydrogen) atoms. The van der Waals surface area contributed by atoms with Gasteiger partial charge in [0, 0.05) is 12.8 Å². The first-order valence-electron chi connectivity index (χ1n) is 5.20. The number of halogens is 2. The summed E-state index contributed by atoms with van der Waals surface area (Å²) in [5.41, 5.74) is 5.64. The molecule has 0 spiro atoms. The molecule has 2 rings (SSSR count). The maximum Gasteiger partial charge on any atom is 0.248 e. The quantitative estimate of drug-likeness (QED) is 0.673. The van der Waals surface area contributed by atoms with Crippen molar-refractivity contribution in [1.82, 2.24) is 0 Å². The summed E-state index contributed by atoms with van der Waals surface area (Å²) in [6.45, 7) is 0.603. The molecule has 1 nitrogen and oxygen atoms in total. The molecule has 3 heteroatoms. The molecule has 0 aromatic carbocycles. The largest absolute Gasteiger partial charge is 0.330 e. The lowest BCUT2D eigenvalue weighted by Crippen LogP contribution is -2.44. The van der Waals surface area contributed by atoms with Crippen molar-refractivity contribution in [2.24, 2.45) is 23.5 Å². The Kier molecular flexibility index (Phi) is 2.30. The Balaban J connectivity index is 2.12. The monoisotopic (exact) mass is 189 g/mol. The molecule has 0 aromatic rings. The van der Waals surface area contributed by atoms with E-state index in [4.69, 9.17) is 5.73 Å². The highest BCUT2D eigenvalue weighted by atomic mass is 19.3. The van der Waals surface area contributed by atoms with Crippen LogP contribution in [0.2, 0.25) is 0 Å². The van der Waals surface area contributed by atoms with E-state index >= 15 is 0 Å². The SMILES string of the molecule is NCC1C2CCCC1CC(F)(F)C2. The molecule has 2 saturated carbocycles. The van der Waals surface area contributed by atoms with Crippen molar-refractivity contribution >= 4 is 0 Å². The first-order chi connectivity index (χ1) is 6.12. The van der Waals surface area contributed by atoms with Crippen LogP contribution in [0.4, 0.5) is 8.78 Å². The average Bonchev–Trinajstić information content (AvgIpc) is 2.01. The van der Waals surface area contributed by atoms with E-state index in [9.17, 15) is 8.78 Å². The molecule has 0 aromatic heterocycles. The third-order valence-electron chi connectivity index (χ3n) is 3.75. The van der Waals surface area contributed by atoms with E-state index < -0.39 is 5.92 Å². The molecule has 2 fully saturated rings. The molecule has 2 atom stereocenters. The zero-order valence-electron chi connectivity index (χ0n) is 7.81. The Hall–Kier alpha value is -0.180. The van der Waals surface area contributed by atoms with Crippen LogP contribution in [0.1, 0.15) is 32.1 Å².